The van der Waals surface area contributed by atoms with Crippen molar-refractivity contribution in [2.45, 2.75) is 13.5 Å². The van der Waals surface area contributed by atoms with Gasteiger partial charge in [0.2, 0.25) is 5.76 Å². The predicted octanol–water partition coefficient (Wildman–Crippen LogP) is 2.45. The number of aliphatic hydroxyl groups excluding tert-OH is 1. The van der Waals surface area contributed by atoms with Gasteiger partial charge >= 0.3 is 5.97 Å². The van der Waals surface area contributed by atoms with E-state index in [9.17, 15) is 14.4 Å². The van der Waals surface area contributed by atoms with Gasteiger partial charge in [-0.1, -0.05) is 24.3 Å². The number of carboxylic acids is 1. The maximum atomic E-state index is 11.8. The van der Waals surface area contributed by atoms with Gasteiger partial charge in [0.1, 0.15) is 0 Å². The number of Topliss-reactive ketones (excluding diaryl/α,β-unsaturated/α-hetero) is 1. The lowest BCUT2D eigenvalue weighted by molar-refractivity contribution is -0.135. The molecule has 1 heterocycles. The topological polar surface area (TPSA) is 96.6 Å². The molecule has 0 atom stereocenters. The largest absolute Gasteiger partial charge is 0.502 e. The highest BCUT2D eigenvalue weighted by Gasteiger charge is 2.10. The molecule has 6 nitrogen and oxygen atoms in total. The molecule has 0 aliphatic carbocycles. The van der Waals surface area contributed by atoms with Crippen LogP contribution in [-0.4, -0.2) is 32.3 Å². The minimum Gasteiger partial charge on any atom is -0.502 e. The average molecular weight is 313 g/mol. The van der Waals surface area contributed by atoms with Crippen LogP contribution in [0.4, 0.5) is 0 Å². The number of carboxylic acid groups (broad SMARTS) is 1. The molecule has 1 aromatic carbocycles. The highest BCUT2D eigenvalue weighted by Crippen LogP contribution is 2.10. The van der Waals surface area contributed by atoms with Gasteiger partial charge in [-0.2, -0.15) is 0 Å². The number of hydrogen-bond donors (Lipinski definition) is 2. The molecule has 0 saturated heterocycles. The van der Waals surface area contributed by atoms with E-state index in [0.29, 0.717) is 18.2 Å². The van der Waals surface area contributed by atoms with Gasteiger partial charge in [0.25, 0.3) is 0 Å². The van der Waals surface area contributed by atoms with Gasteiger partial charge in [0.15, 0.2) is 11.6 Å². The Labute approximate surface area is 132 Å². The number of nitrogens with zero attached hydrogens (tertiary/aromatic N) is 1. The Kier molecular flexibility index (Phi) is 4.75. The number of aliphatic hydroxyl groups is 1. The van der Waals surface area contributed by atoms with Crippen LogP contribution >= 0.6 is 0 Å². The molecule has 0 aliphatic heterocycles. The van der Waals surface area contributed by atoms with E-state index < -0.39 is 17.5 Å². The van der Waals surface area contributed by atoms with Crippen molar-refractivity contribution >= 4 is 17.5 Å². The quantitative estimate of drug-likeness (QED) is 0.485. The van der Waals surface area contributed by atoms with Crippen molar-refractivity contribution in [2.75, 3.05) is 0 Å². The van der Waals surface area contributed by atoms with E-state index in [-0.39, 0.29) is 11.3 Å². The van der Waals surface area contributed by atoms with E-state index in [0.717, 1.165) is 5.56 Å². The lowest BCUT2D eigenvalue weighted by Crippen LogP contribution is -2.03. The summed E-state index contributed by atoms with van der Waals surface area (Å²) < 4.78 is 1.75. The summed E-state index contributed by atoms with van der Waals surface area (Å²) in [5.74, 6) is -3.14. The van der Waals surface area contributed by atoms with Crippen LogP contribution in [0.2, 0.25) is 0 Å². The van der Waals surface area contributed by atoms with Crippen molar-refractivity contribution in [3.63, 3.8) is 0 Å². The van der Waals surface area contributed by atoms with Crippen molar-refractivity contribution < 1.29 is 24.6 Å². The standard InChI is InChI=1S/C17H15NO5/c1-11(19)13-4-2-12(3-5-13)9-18-7-6-14(10-18)15(20)8-16(21)17(22)23/h2-8,10,21H,9H2,1H3,(H,22,23). The van der Waals surface area contributed by atoms with E-state index in [4.69, 9.17) is 10.2 Å². The third kappa shape index (κ3) is 4.16. The van der Waals surface area contributed by atoms with Gasteiger partial charge in [-0.05, 0) is 18.6 Å². The maximum Gasteiger partial charge on any atom is 0.371 e. The molecule has 2 aromatic rings. The molecule has 0 unspecified atom stereocenters. The molecule has 6 heteroatoms. The number of rotatable bonds is 6. The molecule has 0 saturated carbocycles. The Bertz CT molecular complexity index is 784. The average Bonchev–Trinajstić information content (AvgIpc) is 2.96. The van der Waals surface area contributed by atoms with Crippen LogP contribution in [0, 0.1) is 0 Å². The van der Waals surface area contributed by atoms with E-state index in [2.05, 4.69) is 0 Å². The lowest BCUT2D eigenvalue weighted by Gasteiger charge is -2.04. The summed E-state index contributed by atoms with van der Waals surface area (Å²) in [5, 5.41) is 17.6. The number of hydrogen-bond acceptors (Lipinski definition) is 4. The van der Waals surface area contributed by atoms with Gasteiger partial charge in [-0.3, -0.25) is 9.59 Å². The van der Waals surface area contributed by atoms with Crippen molar-refractivity contribution in [3.05, 3.63) is 71.3 Å². The van der Waals surface area contributed by atoms with Crippen LogP contribution in [0.25, 0.3) is 0 Å². The first kappa shape index (κ1) is 16.2. The van der Waals surface area contributed by atoms with E-state index in [1.54, 1.807) is 29.1 Å². The third-order valence-electron chi connectivity index (χ3n) is 3.25. The van der Waals surface area contributed by atoms with Crippen molar-refractivity contribution in [1.82, 2.24) is 4.57 Å². The van der Waals surface area contributed by atoms with Gasteiger partial charge in [-0.15, -0.1) is 0 Å². The second-order valence-corrected chi connectivity index (χ2v) is 5.02. The molecule has 0 bridgehead atoms. The highest BCUT2D eigenvalue weighted by atomic mass is 16.4. The zero-order valence-electron chi connectivity index (χ0n) is 12.4. The molecule has 23 heavy (non-hydrogen) atoms. The first-order chi connectivity index (χ1) is 10.9. The zero-order chi connectivity index (χ0) is 17.0. The smallest absolute Gasteiger partial charge is 0.371 e. The van der Waals surface area contributed by atoms with E-state index in [1.165, 1.54) is 13.0 Å². The van der Waals surface area contributed by atoms with Gasteiger partial charge < -0.3 is 14.8 Å². The fraction of sp³-hybridized carbons (Fsp3) is 0.118. The number of carbonyl (C=O) groups excluding carboxylic acids is 2. The zero-order valence-corrected chi connectivity index (χ0v) is 12.4. The van der Waals surface area contributed by atoms with Crippen molar-refractivity contribution in [3.8, 4) is 0 Å². The Balaban J connectivity index is 2.10. The molecule has 118 valence electrons. The molecule has 2 rings (SSSR count). The molecule has 0 amide bonds. The van der Waals surface area contributed by atoms with Crippen molar-refractivity contribution in [2.24, 2.45) is 0 Å². The Morgan fingerprint density at radius 1 is 1.04 bits per heavy atom. The van der Waals surface area contributed by atoms with Crippen LogP contribution in [0.1, 0.15) is 33.2 Å². The molecule has 0 radical (unpaired) electrons. The number of aromatic nitrogens is 1. The summed E-state index contributed by atoms with van der Waals surface area (Å²) in [6.07, 6.45) is 3.91. The molecule has 0 fully saturated rings. The van der Waals surface area contributed by atoms with E-state index >= 15 is 0 Å². The number of aliphatic carboxylic acids is 1. The third-order valence-corrected chi connectivity index (χ3v) is 3.25. The monoisotopic (exact) mass is 313 g/mol. The molecular formula is C17H15NO5. The Hall–Kier alpha value is -3.15. The number of ketones is 2. The fourth-order valence-corrected chi connectivity index (χ4v) is 2.01. The molecule has 1 aromatic heterocycles. The molecular weight excluding hydrogens is 298 g/mol. The van der Waals surface area contributed by atoms with Crippen LogP contribution in [-0.2, 0) is 11.3 Å². The van der Waals surface area contributed by atoms with Crippen LogP contribution in [0.15, 0.2) is 54.6 Å². The van der Waals surface area contributed by atoms with Gasteiger partial charge in [-0.25, -0.2) is 4.79 Å². The molecule has 0 aliphatic rings. The Morgan fingerprint density at radius 2 is 1.70 bits per heavy atom. The minimum absolute atomic E-state index is 0.00424. The van der Waals surface area contributed by atoms with Gasteiger partial charge in [0, 0.05) is 36.1 Å². The number of allylic oxidation sites excluding steroid dienone is 1. The van der Waals surface area contributed by atoms with Crippen molar-refractivity contribution in [1.29, 1.82) is 0 Å². The second kappa shape index (κ2) is 6.74. The van der Waals surface area contributed by atoms with Crippen LogP contribution < -0.4 is 0 Å². The SMILES string of the molecule is CC(=O)c1ccc(Cn2ccc(C(=O)C=C(O)C(=O)O)c2)cc1. The predicted molar refractivity (Wildman–Crippen MR) is 82.7 cm³/mol. The summed E-state index contributed by atoms with van der Waals surface area (Å²) in [7, 11) is 0. The van der Waals surface area contributed by atoms with Crippen LogP contribution in [0.5, 0.6) is 0 Å². The van der Waals surface area contributed by atoms with Crippen LogP contribution in [0.3, 0.4) is 0 Å². The second-order valence-electron chi connectivity index (χ2n) is 5.02. The fourth-order valence-electron chi connectivity index (χ4n) is 2.01. The first-order valence-corrected chi connectivity index (χ1v) is 6.81. The first-order valence-electron chi connectivity index (χ1n) is 6.81. The normalized spacial score (nSPS) is 11.3. The van der Waals surface area contributed by atoms with E-state index in [1.807, 2.05) is 12.1 Å². The summed E-state index contributed by atoms with van der Waals surface area (Å²) in [6, 6.07) is 8.67. The summed E-state index contributed by atoms with van der Waals surface area (Å²) in [6.45, 7) is 2.00. The Morgan fingerprint density at radius 3 is 2.26 bits per heavy atom. The lowest BCUT2D eigenvalue weighted by atomic mass is 10.1. The number of benzene rings is 1. The maximum absolute atomic E-state index is 11.8. The summed E-state index contributed by atoms with van der Waals surface area (Å²) in [4.78, 5) is 33.5. The summed E-state index contributed by atoms with van der Waals surface area (Å²) in [5.41, 5.74) is 1.86. The molecule has 0 spiro atoms. The minimum atomic E-state index is -1.55. The van der Waals surface area contributed by atoms with Gasteiger partial charge in [0.05, 0.1) is 0 Å². The number of carbonyl (C=O) groups is 3. The highest BCUT2D eigenvalue weighted by molar-refractivity contribution is 6.07. The molecule has 2 N–H and O–H groups in total. The summed E-state index contributed by atoms with van der Waals surface area (Å²) >= 11 is 0.